The molecule has 0 aliphatic carbocycles. The average molecular weight is 280 g/mol. The number of likely N-dealkylation sites (N-methyl/N-ethyl adjacent to an activating group) is 2. The maximum absolute atomic E-state index is 5.43. The largest absolute Gasteiger partial charge is 0.347 e. The second-order valence-electron chi connectivity index (χ2n) is 5.45. The number of hydrazine groups is 1. The normalized spacial score (nSPS) is 19.1. The lowest BCUT2D eigenvalue weighted by atomic mass is 10.2. The van der Waals surface area contributed by atoms with Crippen molar-refractivity contribution < 1.29 is 0 Å². The van der Waals surface area contributed by atoms with Crippen molar-refractivity contribution >= 4 is 17.8 Å². The van der Waals surface area contributed by atoms with E-state index >= 15 is 0 Å². The first kappa shape index (κ1) is 14.7. The van der Waals surface area contributed by atoms with Crippen molar-refractivity contribution in [3.05, 3.63) is 0 Å². The van der Waals surface area contributed by atoms with Crippen molar-refractivity contribution in [3.8, 4) is 0 Å². The van der Waals surface area contributed by atoms with Crippen molar-refractivity contribution in [1.82, 2.24) is 19.9 Å². The molecule has 1 aromatic rings. The highest BCUT2D eigenvalue weighted by atomic mass is 15.4. The Balaban J connectivity index is 2.15. The Morgan fingerprint density at radius 2 is 1.95 bits per heavy atom. The monoisotopic (exact) mass is 280 g/mol. The highest BCUT2D eigenvalue weighted by Gasteiger charge is 2.23. The maximum Gasteiger partial charge on any atom is 0.243 e. The third-order valence-electron chi connectivity index (χ3n) is 3.64. The van der Waals surface area contributed by atoms with Gasteiger partial charge in [-0.1, -0.05) is 0 Å². The third-order valence-corrected chi connectivity index (χ3v) is 3.64. The fraction of sp³-hybridized carbons (Fsp3) is 0.750. The van der Waals surface area contributed by atoms with E-state index in [2.05, 4.69) is 37.2 Å². The van der Waals surface area contributed by atoms with Crippen LogP contribution in [0.3, 0.4) is 0 Å². The van der Waals surface area contributed by atoms with E-state index in [1.54, 1.807) is 0 Å². The van der Waals surface area contributed by atoms with Crippen LogP contribution in [-0.2, 0) is 0 Å². The van der Waals surface area contributed by atoms with Gasteiger partial charge in [-0.3, -0.25) is 5.43 Å². The Bertz CT molecular complexity index is 449. The molecule has 3 N–H and O–H groups in total. The molecule has 1 fully saturated rings. The molecule has 1 aliphatic heterocycles. The van der Waals surface area contributed by atoms with Crippen molar-refractivity contribution in [1.29, 1.82) is 0 Å². The number of anilines is 3. The van der Waals surface area contributed by atoms with Gasteiger partial charge in [-0.2, -0.15) is 15.0 Å². The summed E-state index contributed by atoms with van der Waals surface area (Å²) in [5.74, 6) is 7.03. The minimum absolute atomic E-state index is 0.380. The lowest BCUT2D eigenvalue weighted by Gasteiger charge is -2.26. The number of rotatable bonds is 5. The number of likely N-dealkylation sites (tertiary alicyclic amines) is 1. The van der Waals surface area contributed by atoms with E-state index in [4.69, 9.17) is 5.84 Å². The van der Waals surface area contributed by atoms with Gasteiger partial charge in [0.2, 0.25) is 17.8 Å². The summed E-state index contributed by atoms with van der Waals surface area (Å²) in [7, 11) is 7.95. The lowest BCUT2D eigenvalue weighted by Crippen LogP contribution is -2.37. The van der Waals surface area contributed by atoms with Gasteiger partial charge < -0.3 is 14.7 Å². The summed E-state index contributed by atoms with van der Waals surface area (Å²) < 4.78 is 0. The molecule has 1 saturated heterocycles. The van der Waals surface area contributed by atoms with Crippen molar-refractivity contribution in [3.63, 3.8) is 0 Å². The summed E-state index contributed by atoms with van der Waals surface area (Å²) in [6.07, 6.45) is 2.47. The molecule has 20 heavy (non-hydrogen) atoms. The molecule has 2 rings (SSSR count). The van der Waals surface area contributed by atoms with Crippen LogP contribution in [0.4, 0.5) is 17.8 Å². The summed E-state index contributed by atoms with van der Waals surface area (Å²) >= 11 is 0. The number of nitrogens with zero attached hydrogens (tertiary/aromatic N) is 6. The Hall–Kier alpha value is -1.67. The van der Waals surface area contributed by atoms with Gasteiger partial charge in [0.25, 0.3) is 0 Å². The van der Waals surface area contributed by atoms with Gasteiger partial charge in [-0.15, -0.1) is 0 Å². The first-order chi connectivity index (χ1) is 9.51. The van der Waals surface area contributed by atoms with Crippen LogP contribution in [0.1, 0.15) is 12.8 Å². The Morgan fingerprint density at radius 3 is 2.50 bits per heavy atom. The highest BCUT2D eigenvalue weighted by molar-refractivity contribution is 5.43. The summed E-state index contributed by atoms with van der Waals surface area (Å²) in [4.78, 5) is 19.3. The standard InChI is InChI=1S/C12H24N8/c1-18(2)11-14-10(17-13)15-12(16-11)20(4)8-9-6-5-7-19(9)3/h9H,5-8,13H2,1-4H3,(H,14,15,16,17). The van der Waals surface area contributed by atoms with Crippen LogP contribution in [-0.4, -0.2) is 67.2 Å². The minimum atomic E-state index is 0.380. The van der Waals surface area contributed by atoms with Gasteiger partial charge in [0.1, 0.15) is 0 Å². The molecule has 0 amide bonds. The number of nitrogens with two attached hydrogens (primary N) is 1. The fourth-order valence-electron chi connectivity index (χ4n) is 2.40. The van der Waals surface area contributed by atoms with E-state index in [1.165, 1.54) is 12.8 Å². The lowest BCUT2D eigenvalue weighted by molar-refractivity contribution is 0.313. The molecule has 8 heteroatoms. The molecular formula is C12H24N8. The first-order valence-electron chi connectivity index (χ1n) is 6.82. The van der Waals surface area contributed by atoms with Gasteiger partial charge in [-0.05, 0) is 26.4 Å². The van der Waals surface area contributed by atoms with Crippen LogP contribution in [0.15, 0.2) is 0 Å². The highest BCUT2D eigenvalue weighted by Crippen LogP contribution is 2.19. The third kappa shape index (κ3) is 3.26. The summed E-state index contributed by atoms with van der Waals surface area (Å²) in [6, 6.07) is 0.550. The molecule has 1 unspecified atom stereocenters. The summed E-state index contributed by atoms with van der Waals surface area (Å²) in [5, 5.41) is 0. The molecule has 0 spiro atoms. The Labute approximate surface area is 120 Å². The van der Waals surface area contributed by atoms with E-state index < -0.39 is 0 Å². The number of nitrogens with one attached hydrogen (secondary N) is 1. The molecule has 0 bridgehead atoms. The number of nitrogen functional groups attached to an aromatic ring is 1. The summed E-state index contributed by atoms with van der Waals surface area (Å²) in [5.41, 5.74) is 2.49. The molecule has 0 radical (unpaired) electrons. The SMILES string of the molecule is CN(C)c1nc(NN)nc(N(C)CC2CCCN2C)n1. The quantitative estimate of drug-likeness (QED) is 0.564. The van der Waals surface area contributed by atoms with Gasteiger partial charge in [0.15, 0.2) is 0 Å². The zero-order chi connectivity index (χ0) is 14.7. The van der Waals surface area contributed by atoms with Crippen LogP contribution >= 0.6 is 0 Å². The Morgan fingerprint density at radius 1 is 1.25 bits per heavy atom. The number of hydrogen-bond acceptors (Lipinski definition) is 8. The van der Waals surface area contributed by atoms with Crippen LogP contribution in [0.2, 0.25) is 0 Å². The average Bonchev–Trinajstić information content (AvgIpc) is 2.83. The molecule has 1 atom stereocenters. The fourth-order valence-corrected chi connectivity index (χ4v) is 2.40. The molecule has 0 saturated carbocycles. The number of aromatic nitrogens is 3. The molecule has 2 heterocycles. The molecule has 112 valence electrons. The maximum atomic E-state index is 5.43. The van der Waals surface area contributed by atoms with Crippen LogP contribution < -0.4 is 21.1 Å². The minimum Gasteiger partial charge on any atom is -0.347 e. The van der Waals surface area contributed by atoms with Gasteiger partial charge in [0.05, 0.1) is 0 Å². The predicted octanol–water partition coefficient (Wildman–Crippen LogP) is -0.246. The zero-order valence-corrected chi connectivity index (χ0v) is 12.7. The van der Waals surface area contributed by atoms with Crippen molar-refractivity contribution in [2.45, 2.75) is 18.9 Å². The smallest absolute Gasteiger partial charge is 0.243 e. The van der Waals surface area contributed by atoms with Crippen molar-refractivity contribution in [2.24, 2.45) is 5.84 Å². The van der Waals surface area contributed by atoms with E-state index in [0.29, 0.717) is 23.9 Å². The molecule has 0 aromatic carbocycles. The molecule has 1 aromatic heterocycles. The predicted molar refractivity (Wildman–Crippen MR) is 80.9 cm³/mol. The van der Waals surface area contributed by atoms with Gasteiger partial charge in [0, 0.05) is 33.7 Å². The first-order valence-corrected chi connectivity index (χ1v) is 6.82. The molecule has 1 aliphatic rings. The van der Waals surface area contributed by atoms with E-state index in [-0.39, 0.29) is 0 Å². The summed E-state index contributed by atoms with van der Waals surface area (Å²) in [6.45, 7) is 2.06. The van der Waals surface area contributed by atoms with Crippen LogP contribution in [0.25, 0.3) is 0 Å². The van der Waals surface area contributed by atoms with Crippen LogP contribution in [0.5, 0.6) is 0 Å². The van der Waals surface area contributed by atoms with E-state index in [1.807, 2.05) is 26.0 Å². The van der Waals surface area contributed by atoms with Crippen molar-refractivity contribution in [2.75, 3.05) is 56.5 Å². The second-order valence-corrected chi connectivity index (χ2v) is 5.45. The topological polar surface area (TPSA) is 86.4 Å². The molecular weight excluding hydrogens is 256 g/mol. The zero-order valence-electron chi connectivity index (χ0n) is 12.7. The Kier molecular flexibility index (Phi) is 4.56. The molecule has 8 nitrogen and oxygen atoms in total. The van der Waals surface area contributed by atoms with Gasteiger partial charge in [-0.25, -0.2) is 5.84 Å². The van der Waals surface area contributed by atoms with E-state index in [0.717, 1.165) is 13.1 Å². The van der Waals surface area contributed by atoms with Gasteiger partial charge >= 0.3 is 0 Å². The van der Waals surface area contributed by atoms with E-state index in [9.17, 15) is 0 Å². The van der Waals surface area contributed by atoms with Crippen LogP contribution in [0, 0.1) is 0 Å². The number of hydrogen-bond donors (Lipinski definition) is 2. The second kappa shape index (κ2) is 6.19.